The van der Waals surface area contributed by atoms with Gasteiger partial charge in [-0.2, -0.15) is 0 Å². The molecule has 3 heterocycles. The van der Waals surface area contributed by atoms with Gasteiger partial charge in [-0.15, -0.1) is 0 Å². The SMILES string of the molecule is O=C(NCc1ccc(N2CCCCCC2)nc1)c1ccco1. The molecule has 116 valence electrons. The number of aromatic nitrogens is 1. The number of nitrogens with zero attached hydrogens (tertiary/aromatic N) is 2. The van der Waals surface area contributed by atoms with Crippen LogP contribution in [0.3, 0.4) is 0 Å². The number of amides is 1. The summed E-state index contributed by atoms with van der Waals surface area (Å²) in [6, 6.07) is 7.41. The molecule has 0 bridgehead atoms. The molecule has 22 heavy (non-hydrogen) atoms. The van der Waals surface area contributed by atoms with E-state index in [4.69, 9.17) is 4.42 Å². The molecule has 0 atom stereocenters. The van der Waals surface area contributed by atoms with Crippen LogP contribution in [0.1, 0.15) is 41.8 Å². The minimum atomic E-state index is -0.207. The van der Waals surface area contributed by atoms with E-state index in [0.717, 1.165) is 24.5 Å². The second-order valence-electron chi connectivity index (χ2n) is 5.59. The van der Waals surface area contributed by atoms with Gasteiger partial charge in [0.05, 0.1) is 6.26 Å². The first-order valence-corrected chi connectivity index (χ1v) is 7.84. The highest BCUT2D eigenvalue weighted by Gasteiger charge is 2.11. The average Bonchev–Trinajstić information content (AvgIpc) is 2.96. The normalized spacial score (nSPS) is 15.4. The zero-order valence-electron chi connectivity index (χ0n) is 12.6. The van der Waals surface area contributed by atoms with Crippen molar-refractivity contribution >= 4 is 11.7 Å². The Morgan fingerprint density at radius 2 is 2.00 bits per heavy atom. The first kappa shape index (κ1) is 14.6. The van der Waals surface area contributed by atoms with E-state index in [1.165, 1.54) is 31.9 Å². The van der Waals surface area contributed by atoms with Crippen LogP contribution in [0, 0.1) is 0 Å². The molecule has 0 aromatic carbocycles. The first-order chi connectivity index (χ1) is 10.8. The van der Waals surface area contributed by atoms with Crippen LogP contribution in [-0.4, -0.2) is 24.0 Å². The van der Waals surface area contributed by atoms with Gasteiger partial charge in [0.2, 0.25) is 0 Å². The number of hydrogen-bond acceptors (Lipinski definition) is 4. The van der Waals surface area contributed by atoms with Crippen LogP contribution in [-0.2, 0) is 6.54 Å². The molecule has 1 saturated heterocycles. The van der Waals surface area contributed by atoms with E-state index in [1.54, 1.807) is 12.1 Å². The number of carbonyl (C=O) groups is 1. The van der Waals surface area contributed by atoms with Gasteiger partial charge in [-0.1, -0.05) is 18.9 Å². The molecular formula is C17H21N3O2. The summed E-state index contributed by atoms with van der Waals surface area (Å²) in [5, 5.41) is 2.82. The molecule has 2 aromatic rings. The van der Waals surface area contributed by atoms with E-state index in [2.05, 4.69) is 15.2 Å². The Morgan fingerprint density at radius 1 is 1.18 bits per heavy atom. The molecule has 0 aliphatic carbocycles. The van der Waals surface area contributed by atoms with Crippen molar-refractivity contribution in [3.05, 3.63) is 48.0 Å². The monoisotopic (exact) mass is 299 g/mol. The third-order valence-corrected chi connectivity index (χ3v) is 3.94. The Balaban J connectivity index is 1.56. The molecule has 2 aromatic heterocycles. The Bertz CT molecular complexity index is 585. The highest BCUT2D eigenvalue weighted by atomic mass is 16.3. The van der Waals surface area contributed by atoms with Crippen LogP contribution >= 0.6 is 0 Å². The number of carbonyl (C=O) groups excluding carboxylic acids is 1. The van der Waals surface area contributed by atoms with Gasteiger partial charge in [0, 0.05) is 25.8 Å². The maximum atomic E-state index is 11.8. The first-order valence-electron chi connectivity index (χ1n) is 7.84. The Morgan fingerprint density at radius 3 is 2.64 bits per heavy atom. The summed E-state index contributed by atoms with van der Waals surface area (Å²) in [6.45, 7) is 2.62. The molecule has 1 aliphatic rings. The highest BCUT2D eigenvalue weighted by molar-refractivity contribution is 5.91. The van der Waals surface area contributed by atoms with E-state index in [-0.39, 0.29) is 5.91 Å². The fraction of sp³-hybridized carbons (Fsp3) is 0.412. The van der Waals surface area contributed by atoms with Crippen LogP contribution in [0.25, 0.3) is 0 Å². The summed E-state index contributed by atoms with van der Waals surface area (Å²) < 4.78 is 5.06. The predicted molar refractivity (Wildman–Crippen MR) is 84.8 cm³/mol. The summed E-state index contributed by atoms with van der Waals surface area (Å²) >= 11 is 0. The zero-order valence-corrected chi connectivity index (χ0v) is 12.6. The maximum absolute atomic E-state index is 11.8. The average molecular weight is 299 g/mol. The Kier molecular flexibility index (Phi) is 4.73. The van der Waals surface area contributed by atoms with Gasteiger partial charge in [0.25, 0.3) is 5.91 Å². The van der Waals surface area contributed by atoms with Gasteiger partial charge >= 0.3 is 0 Å². The standard InChI is InChI=1S/C17H21N3O2/c21-17(15-6-5-11-22-15)19-13-14-7-8-16(18-12-14)20-9-3-1-2-4-10-20/h5-8,11-12H,1-4,9-10,13H2,(H,19,21). The second kappa shape index (κ2) is 7.11. The summed E-state index contributed by atoms with van der Waals surface area (Å²) in [5.74, 6) is 1.15. The molecule has 0 radical (unpaired) electrons. The van der Waals surface area contributed by atoms with Crippen molar-refractivity contribution in [2.45, 2.75) is 32.2 Å². The molecule has 5 nitrogen and oxygen atoms in total. The third-order valence-electron chi connectivity index (χ3n) is 3.94. The minimum Gasteiger partial charge on any atom is -0.459 e. The van der Waals surface area contributed by atoms with E-state index in [0.29, 0.717) is 12.3 Å². The van der Waals surface area contributed by atoms with Crippen molar-refractivity contribution in [1.29, 1.82) is 0 Å². The summed E-state index contributed by atoms with van der Waals surface area (Å²) in [4.78, 5) is 18.7. The largest absolute Gasteiger partial charge is 0.459 e. The fourth-order valence-corrected chi connectivity index (χ4v) is 2.69. The van der Waals surface area contributed by atoms with Crippen molar-refractivity contribution in [3.63, 3.8) is 0 Å². The molecule has 3 rings (SSSR count). The van der Waals surface area contributed by atoms with Crippen molar-refractivity contribution in [2.24, 2.45) is 0 Å². The summed E-state index contributed by atoms with van der Waals surface area (Å²) in [6.07, 6.45) is 8.43. The van der Waals surface area contributed by atoms with Crippen LogP contribution in [0.15, 0.2) is 41.1 Å². The molecule has 1 fully saturated rings. The predicted octanol–water partition coefficient (Wildman–Crippen LogP) is 2.99. The van der Waals surface area contributed by atoms with Crippen LogP contribution in [0.4, 0.5) is 5.82 Å². The highest BCUT2D eigenvalue weighted by Crippen LogP contribution is 2.17. The smallest absolute Gasteiger partial charge is 0.287 e. The number of nitrogens with one attached hydrogen (secondary N) is 1. The van der Waals surface area contributed by atoms with Crippen molar-refractivity contribution in [1.82, 2.24) is 10.3 Å². The van der Waals surface area contributed by atoms with Crippen molar-refractivity contribution in [3.8, 4) is 0 Å². The lowest BCUT2D eigenvalue weighted by atomic mass is 10.2. The third kappa shape index (κ3) is 3.67. The number of anilines is 1. The van der Waals surface area contributed by atoms with E-state index in [1.807, 2.05) is 18.3 Å². The van der Waals surface area contributed by atoms with Crippen LogP contribution in [0.2, 0.25) is 0 Å². The number of pyridine rings is 1. The molecule has 1 aliphatic heterocycles. The van der Waals surface area contributed by atoms with Crippen LogP contribution in [0.5, 0.6) is 0 Å². The second-order valence-corrected chi connectivity index (χ2v) is 5.59. The van der Waals surface area contributed by atoms with Crippen molar-refractivity contribution < 1.29 is 9.21 Å². The lowest BCUT2D eigenvalue weighted by molar-refractivity contribution is 0.0923. The molecule has 0 saturated carbocycles. The van der Waals surface area contributed by atoms with E-state index < -0.39 is 0 Å². The van der Waals surface area contributed by atoms with E-state index in [9.17, 15) is 4.79 Å². The fourth-order valence-electron chi connectivity index (χ4n) is 2.69. The lowest BCUT2D eigenvalue weighted by Crippen LogP contribution is -2.25. The van der Waals surface area contributed by atoms with E-state index >= 15 is 0 Å². The Labute approximate surface area is 130 Å². The molecular weight excluding hydrogens is 278 g/mol. The number of furan rings is 1. The van der Waals surface area contributed by atoms with Crippen molar-refractivity contribution in [2.75, 3.05) is 18.0 Å². The number of hydrogen-bond donors (Lipinski definition) is 1. The summed E-state index contributed by atoms with van der Waals surface area (Å²) in [7, 11) is 0. The molecule has 5 heteroatoms. The van der Waals surface area contributed by atoms with Crippen LogP contribution < -0.4 is 10.2 Å². The van der Waals surface area contributed by atoms with Gasteiger partial charge in [-0.05, 0) is 36.6 Å². The van der Waals surface area contributed by atoms with Gasteiger partial charge in [-0.25, -0.2) is 4.98 Å². The zero-order chi connectivity index (χ0) is 15.2. The van der Waals surface area contributed by atoms with Gasteiger partial charge < -0.3 is 14.6 Å². The molecule has 0 spiro atoms. The Hall–Kier alpha value is -2.30. The van der Waals surface area contributed by atoms with Gasteiger partial charge in [-0.3, -0.25) is 4.79 Å². The van der Waals surface area contributed by atoms with Gasteiger partial charge in [0.15, 0.2) is 5.76 Å². The lowest BCUT2D eigenvalue weighted by Gasteiger charge is -2.21. The number of rotatable bonds is 4. The topological polar surface area (TPSA) is 58.4 Å². The molecule has 0 unspecified atom stereocenters. The molecule has 1 N–H and O–H groups in total. The quantitative estimate of drug-likeness (QED) is 0.943. The summed E-state index contributed by atoms with van der Waals surface area (Å²) in [5.41, 5.74) is 0.985. The minimum absolute atomic E-state index is 0.207. The maximum Gasteiger partial charge on any atom is 0.287 e. The van der Waals surface area contributed by atoms with Gasteiger partial charge in [0.1, 0.15) is 5.82 Å². The molecule has 1 amide bonds.